The van der Waals surface area contributed by atoms with E-state index >= 15 is 0 Å². The van der Waals surface area contributed by atoms with Crippen LogP contribution in [0.25, 0.3) is 0 Å². The maximum absolute atomic E-state index is 12.7. The molecule has 2 atom stereocenters. The summed E-state index contributed by atoms with van der Waals surface area (Å²) in [4.78, 5) is 25.5. The van der Waals surface area contributed by atoms with E-state index in [1.165, 1.54) is 11.1 Å². The molecular weight excluding hydrogens is 301 g/mol. The largest absolute Gasteiger partial charge is 0.421 e. The third-order valence-corrected chi connectivity index (χ3v) is 3.40. The fourth-order valence-corrected chi connectivity index (χ4v) is 2.50. The van der Waals surface area contributed by atoms with Crippen molar-refractivity contribution in [3.8, 4) is 0 Å². The number of pyridine rings is 1. The monoisotopic (exact) mass is 318 g/mol. The van der Waals surface area contributed by atoms with E-state index in [0.717, 1.165) is 10.6 Å². The minimum atomic E-state index is -4.73. The maximum atomic E-state index is 12.7. The van der Waals surface area contributed by atoms with E-state index in [1.54, 1.807) is 0 Å². The second kappa shape index (κ2) is 6.12. The molecule has 0 radical (unpaired) electrons. The molecule has 0 aliphatic carbocycles. The number of rotatable bonds is 2. The number of hydrogen-bond donors (Lipinski definition) is 0. The summed E-state index contributed by atoms with van der Waals surface area (Å²) in [6.07, 6.45) is -3.84. The highest BCUT2D eigenvalue weighted by Gasteiger charge is 2.34. The van der Waals surface area contributed by atoms with Crippen LogP contribution >= 0.6 is 0 Å². The predicted molar refractivity (Wildman–Crippen MR) is 72.3 cm³/mol. The number of carbonyl (C=O) groups excluding carboxylic acids is 1. The zero-order valence-corrected chi connectivity index (χ0v) is 12.3. The molecule has 1 amide bonds. The minimum Gasteiger partial charge on any atom is -0.372 e. The van der Waals surface area contributed by atoms with Gasteiger partial charge < -0.3 is 14.2 Å². The van der Waals surface area contributed by atoms with Gasteiger partial charge in [0.25, 0.3) is 5.56 Å². The first-order valence-corrected chi connectivity index (χ1v) is 6.88. The molecule has 1 aliphatic heterocycles. The Morgan fingerprint density at radius 2 is 1.91 bits per heavy atom. The van der Waals surface area contributed by atoms with Crippen molar-refractivity contribution in [3.05, 3.63) is 34.2 Å². The Hall–Kier alpha value is -1.83. The lowest BCUT2D eigenvalue weighted by Gasteiger charge is -2.35. The first-order valence-electron chi connectivity index (χ1n) is 6.88. The summed E-state index contributed by atoms with van der Waals surface area (Å²) in [5, 5.41) is 0. The highest BCUT2D eigenvalue weighted by molar-refractivity contribution is 5.76. The van der Waals surface area contributed by atoms with Gasteiger partial charge in [-0.1, -0.05) is 0 Å². The van der Waals surface area contributed by atoms with Gasteiger partial charge in [0.1, 0.15) is 12.1 Å². The molecule has 0 spiro atoms. The molecule has 1 aliphatic rings. The molecule has 5 nitrogen and oxygen atoms in total. The quantitative estimate of drug-likeness (QED) is 0.830. The lowest BCUT2D eigenvalue weighted by Crippen LogP contribution is -2.49. The summed E-state index contributed by atoms with van der Waals surface area (Å²) in [7, 11) is 0. The molecule has 0 N–H and O–H groups in total. The molecule has 8 heteroatoms. The molecule has 22 heavy (non-hydrogen) atoms. The number of halogens is 3. The molecule has 1 aromatic rings. The number of nitrogens with zero attached hydrogens (tertiary/aromatic N) is 2. The molecule has 2 heterocycles. The van der Waals surface area contributed by atoms with Crippen molar-refractivity contribution in [2.24, 2.45) is 0 Å². The fraction of sp³-hybridized carbons (Fsp3) is 0.571. The van der Waals surface area contributed by atoms with Crippen LogP contribution in [0.5, 0.6) is 0 Å². The average molecular weight is 318 g/mol. The van der Waals surface area contributed by atoms with E-state index in [2.05, 4.69) is 0 Å². The van der Waals surface area contributed by atoms with Crippen molar-refractivity contribution >= 4 is 5.91 Å². The molecule has 1 aromatic heterocycles. The van der Waals surface area contributed by atoms with Crippen molar-refractivity contribution in [3.63, 3.8) is 0 Å². The van der Waals surface area contributed by atoms with Gasteiger partial charge in [0.05, 0.1) is 12.2 Å². The van der Waals surface area contributed by atoms with Crippen LogP contribution in [0.4, 0.5) is 13.2 Å². The molecule has 1 fully saturated rings. The predicted octanol–water partition coefficient (Wildman–Crippen LogP) is 1.50. The van der Waals surface area contributed by atoms with Crippen molar-refractivity contribution < 1.29 is 22.7 Å². The second-order valence-electron chi connectivity index (χ2n) is 5.41. The van der Waals surface area contributed by atoms with Crippen LogP contribution < -0.4 is 5.56 Å². The summed E-state index contributed by atoms with van der Waals surface area (Å²) in [5.41, 5.74) is -2.48. The van der Waals surface area contributed by atoms with E-state index in [9.17, 15) is 22.8 Å². The van der Waals surface area contributed by atoms with Gasteiger partial charge >= 0.3 is 6.18 Å². The Morgan fingerprint density at radius 3 is 2.45 bits per heavy atom. The molecule has 0 aromatic carbocycles. The molecule has 0 saturated carbocycles. The molecule has 122 valence electrons. The summed E-state index contributed by atoms with van der Waals surface area (Å²) in [6, 6.07) is 1.82. The Kier molecular flexibility index (Phi) is 4.60. The Labute approximate surface area is 125 Å². The number of ether oxygens (including phenoxy) is 1. The van der Waals surface area contributed by atoms with Gasteiger partial charge in [-0.15, -0.1) is 0 Å². The number of carbonyl (C=O) groups is 1. The van der Waals surface area contributed by atoms with Gasteiger partial charge in [0.2, 0.25) is 5.91 Å². The van der Waals surface area contributed by atoms with Crippen LogP contribution in [0.2, 0.25) is 0 Å². The van der Waals surface area contributed by atoms with Gasteiger partial charge in [-0.05, 0) is 26.0 Å². The lowest BCUT2D eigenvalue weighted by atomic mass is 10.2. The van der Waals surface area contributed by atoms with Crippen molar-refractivity contribution in [2.75, 3.05) is 13.1 Å². The minimum absolute atomic E-state index is 0.147. The molecule has 1 saturated heterocycles. The zero-order valence-electron chi connectivity index (χ0n) is 12.3. The molecule has 0 bridgehead atoms. The van der Waals surface area contributed by atoms with E-state index in [1.807, 2.05) is 13.8 Å². The third-order valence-electron chi connectivity index (χ3n) is 3.40. The zero-order chi connectivity index (χ0) is 16.5. The Balaban J connectivity index is 2.17. The summed E-state index contributed by atoms with van der Waals surface area (Å²) in [6.45, 7) is 3.93. The maximum Gasteiger partial charge on any atom is 0.421 e. The third kappa shape index (κ3) is 3.68. The number of morpholine rings is 1. The summed E-state index contributed by atoms with van der Waals surface area (Å²) in [5.74, 6) is -0.400. The van der Waals surface area contributed by atoms with Crippen LogP contribution in [0.15, 0.2) is 23.1 Å². The van der Waals surface area contributed by atoms with Gasteiger partial charge in [-0.2, -0.15) is 13.2 Å². The van der Waals surface area contributed by atoms with Gasteiger partial charge in [0, 0.05) is 19.3 Å². The normalized spacial score (nSPS) is 22.7. The van der Waals surface area contributed by atoms with E-state index in [4.69, 9.17) is 4.74 Å². The van der Waals surface area contributed by atoms with Crippen molar-refractivity contribution in [2.45, 2.75) is 38.8 Å². The van der Waals surface area contributed by atoms with Gasteiger partial charge in [-0.3, -0.25) is 9.59 Å². The summed E-state index contributed by atoms with van der Waals surface area (Å²) < 4.78 is 44.4. The number of alkyl halides is 3. The lowest BCUT2D eigenvalue weighted by molar-refractivity contribution is -0.144. The Bertz CT molecular complexity index is 602. The topological polar surface area (TPSA) is 51.5 Å². The van der Waals surface area contributed by atoms with Crippen molar-refractivity contribution in [1.82, 2.24) is 9.47 Å². The Morgan fingerprint density at radius 1 is 1.32 bits per heavy atom. The SMILES string of the molecule is CC1CN(C(=O)Cn2cccc(C(F)(F)F)c2=O)CC(C)O1. The fourth-order valence-electron chi connectivity index (χ4n) is 2.50. The van der Waals surface area contributed by atoms with E-state index in [0.29, 0.717) is 19.2 Å². The van der Waals surface area contributed by atoms with Gasteiger partial charge in [0.15, 0.2) is 0 Å². The molecule has 2 rings (SSSR count). The number of aromatic nitrogens is 1. The first kappa shape index (κ1) is 16.5. The van der Waals surface area contributed by atoms with Gasteiger partial charge in [-0.25, -0.2) is 0 Å². The number of amides is 1. The van der Waals surface area contributed by atoms with Crippen LogP contribution in [0.1, 0.15) is 19.4 Å². The second-order valence-corrected chi connectivity index (χ2v) is 5.41. The molecular formula is C14H17F3N2O3. The number of hydrogen-bond acceptors (Lipinski definition) is 3. The standard InChI is InChI=1S/C14H17F3N2O3/c1-9-6-19(7-10(2)22-9)12(20)8-18-5-3-4-11(13(18)21)14(15,16)17/h3-5,9-10H,6-8H2,1-2H3. The van der Waals surface area contributed by atoms with Crippen LogP contribution in [0, 0.1) is 0 Å². The highest BCUT2D eigenvalue weighted by Crippen LogP contribution is 2.26. The molecule has 2 unspecified atom stereocenters. The summed E-state index contributed by atoms with van der Waals surface area (Å²) >= 11 is 0. The van der Waals surface area contributed by atoms with Crippen LogP contribution in [-0.4, -0.2) is 40.7 Å². The van der Waals surface area contributed by atoms with E-state index < -0.39 is 29.8 Å². The first-order chi connectivity index (χ1) is 10.2. The van der Waals surface area contributed by atoms with E-state index in [-0.39, 0.29) is 12.2 Å². The highest BCUT2D eigenvalue weighted by atomic mass is 19.4. The average Bonchev–Trinajstić information content (AvgIpc) is 2.38. The van der Waals surface area contributed by atoms with Crippen LogP contribution in [-0.2, 0) is 22.3 Å². The smallest absolute Gasteiger partial charge is 0.372 e. The van der Waals surface area contributed by atoms with Crippen LogP contribution in [0.3, 0.4) is 0 Å². The van der Waals surface area contributed by atoms with Crippen molar-refractivity contribution in [1.29, 1.82) is 0 Å².